The molecule has 1 aromatic heterocycles. The van der Waals surface area contributed by atoms with E-state index in [-0.39, 0.29) is 23.7 Å². The smallest absolute Gasteiger partial charge is 0.303 e. The topological polar surface area (TPSA) is 70.8 Å². The van der Waals surface area contributed by atoms with Crippen molar-refractivity contribution in [3.05, 3.63) is 52.6 Å². The number of thiocarbonyl (C=S) groups is 1. The second-order valence-electron chi connectivity index (χ2n) is 6.36. The van der Waals surface area contributed by atoms with Crippen LogP contribution in [0.4, 0.5) is 8.78 Å². The van der Waals surface area contributed by atoms with Crippen LogP contribution < -0.4 is 0 Å². The summed E-state index contributed by atoms with van der Waals surface area (Å²) in [5.74, 6) is -1.81. The molecule has 1 amide bonds. The van der Waals surface area contributed by atoms with Crippen molar-refractivity contribution in [1.82, 2.24) is 4.90 Å². The fourth-order valence-electron chi connectivity index (χ4n) is 2.81. The van der Waals surface area contributed by atoms with Gasteiger partial charge in [0.1, 0.15) is 27.5 Å². The van der Waals surface area contributed by atoms with E-state index in [4.69, 9.17) is 21.7 Å². The molecule has 0 saturated carbocycles. The fourth-order valence-corrected chi connectivity index (χ4v) is 4.10. The van der Waals surface area contributed by atoms with Gasteiger partial charge >= 0.3 is 5.97 Å². The fraction of sp³-hybridized carbons (Fsp3) is 0.250. The van der Waals surface area contributed by atoms with E-state index in [1.807, 2.05) is 0 Å². The van der Waals surface area contributed by atoms with Crippen LogP contribution in [0.15, 0.2) is 39.7 Å². The van der Waals surface area contributed by atoms with Crippen LogP contribution in [-0.4, -0.2) is 32.7 Å². The molecule has 0 atom stereocenters. The number of carbonyl (C=O) groups excluding carboxylic acids is 1. The first-order chi connectivity index (χ1) is 13.8. The van der Waals surface area contributed by atoms with E-state index >= 15 is 0 Å². The SMILES string of the molecule is O=C(O)CCCCCN1C(=O)C(=Cc2ccc(-c3cc(F)ccc3F)o2)SC1=S. The first kappa shape index (κ1) is 21.2. The van der Waals surface area contributed by atoms with Crippen LogP contribution in [-0.2, 0) is 9.59 Å². The summed E-state index contributed by atoms with van der Waals surface area (Å²) in [4.78, 5) is 24.9. The Morgan fingerprint density at radius 2 is 2.00 bits per heavy atom. The first-order valence-electron chi connectivity index (χ1n) is 8.87. The number of aliphatic carboxylic acids is 1. The van der Waals surface area contributed by atoms with Crippen molar-refractivity contribution in [2.45, 2.75) is 25.7 Å². The highest BCUT2D eigenvalue weighted by Gasteiger charge is 2.31. The summed E-state index contributed by atoms with van der Waals surface area (Å²) < 4.78 is 33.2. The lowest BCUT2D eigenvalue weighted by Crippen LogP contribution is -2.29. The quantitative estimate of drug-likeness (QED) is 0.353. The predicted octanol–water partition coefficient (Wildman–Crippen LogP) is 5.07. The Hall–Kier alpha value is -2.52. The van der Waals surface area contributed by atoms with Gasteiger partial charge in [0.15, 0.2) is 0 Å². The summed E-state index contributed by atoms with van der Waals surface area (Å²) in [6.07, 6.45) is 3.50. The number of amides is 1. The molecule has 152 valence electrons. The number of halogens is 2. The van der Waals surface area contributed by atoms with E-state index in [2.05, 4.69) is 0 Å². The molecule has 1 aromatic carbocycles. The zero-order valence-corrected chi connectivity index (χ0v) is 16.8. The van der Waals surface area contributed by atoms with Crippen LogP contribution in [0, 0.1) is 11.6 Å². The number of carbonyl (C=O) groups is 2. The van der Waals surface area contributed by atoms with Gasteiger partial charge in [0.2, 0.25) is 0 Å². The van der Waals surface area contributed by atoms with Crippen LogP contribution in [0.25, 0.3) is 17.4 Å². The molecule has 9 heteroatoms. The first-order valence-corrected chi connectivity index (χ1v) is 10.1. The van der Waals surface area contributed by atoms with Crippen molar-refractivity contribution in [2.75, 3.05) is 6.54 Å². The Labute approximate surface area is 175 Å². The van der Waals surface area contributed by atoms with Gasteiger partial charge in [-0.05, 0) is 43.2 Å². The Morgan fingerprint density at radius 1 is 1.21 bits per heavy atom. The average molecular weight is 437 g/mol. The molecule has 0 unspecified atom stereocenters. The molecule has 1 aliphatic heterocycles. The van der Waals surface area contributed by atoms with Crippen molar-refractivity contribution >= 4 is 46.3 Å². The molecule has 3 rings (SSSR count). The lowest BCUT2D eigenvalue weighted by Gasteiger charge is -2.13. The molecular formula is C20H17F2NO4S2. The third-order valence-electron chi connectivity index (χ3n) is 4.24. The number of rotatable bonds is 8. The van der Waals surface area contributed by atoms with E-state index in [1.165, 1.54) is 17.0 Å². The number of unbranched alkanes of at least 4 members (excludes halogenated alkanes) is 2. The van der Waals surface area contributed by atoms with E-state index in [9.17, 15) is 18.4 Å². The molecule has 29 heavy (non-hydrogen) atoms. The van der Waals surface area contributed by atoms with Gasteiger partial charge < -0.3 is 9.52 Å². The van der Waals surface area contributed by atoms with Crippen LogP contribution in [0.3, 0.4) is 0 Å². The summed E-state index contributed by atoms with van der Waals surface area (Å²) in [5.41, 5.74) is -0.00133. The number of carboxylic acids is 1. The molecule has 0 bridgehead atoms. The Balaban J connectivity index is 1.66. The Kier molecular flexibility index (Phi) is 6.81. The largest absolute Gasteiger partial charge is 0.481 e. The highest BCUT2D eigenvalue weighted by Crippen LogP contribution is 2.34. The number of nitrogens with zero attached hydrogens (tertiary/aromatic N) is 1. The van der Waals surface area contributed by atoms with Crippen molar-refractivity contribution < 1.29 is 27.9 Å². The van der Waals surface area contributed by atoms with Gasteiger partial charge in [-0.2, -0.15) is 0 Å². The summed E-state index contributed by atoms with van der Waals surface area (Å²) in [7, 11) is 0. The number of benzene rings is 1. The van der Waals surface area contributed by atoms with Crippen molar-refractivity contribution in [1.29, 1.82) is 0 Å². The van der Waals surface area contributed by atoms with E-state index in [0.717, 1.165) is 30.0 Å². The molecule has 1 aliphatic rings. The average Bonchev–Trinajstić information content (AvgIpc) is 3.23. The van der Waals surface area contributed by atoms with Crippen LogP contribution in [0.5, 0.6) is 0 Å². The summed E-state index contributed by atoms with van der Waals surface area (Å²) in [5, 5.41) is 8.64. The van der Waals surface area contributed by atoms with Crippen molar-refractivity contribution in [3.63, 3.8) is 0 Å². The highest BCUT2D eigenvalue weighted by atomic mass is 32.2. The van der Waals surface area contributed by atoms with Gasteiger partial charge in [0.25, 0.3) is 5.91 Å². The molecule has 0 spiro atoms. The maximum atomic E-state index is 13.9. The number of carboxylic acid groups (broad SMARTS) is 1. The van der Waals surface area contributed by atoms with E-state index < -0.39 is 17.6 Å². The number of hydrogen-bond acceptors (Lipinski definition) is 5. The molecule has 1 fully saturated rings. The normalized spacial score (nSPS) is 15.5. The van der Waals surface area contributed by atoms with Gasteiger partial charge in [-0.1, -0.05) is 30.4 Å². The van der Waals surface area contributed by atoms with Gasteiger partial charge in [-0.15, -0.1) is 0 Å². The molecule has 2 aromatic rings. The van der Waals surface area contributed by atoms with Crippen molar-refractivity contribution in [3.8, 4) is 11.3 Å². The lowest BCUT2D eigenvalue weighted by molar-refractivity contribution is -0.137. The monoisotopic (exact) mass is 437 g/mol. The second-order valence-corrected chi connectivity index (χ2v) is 8.04. The highest BCUT2D eigenvalue weighted by molar-refractivity contribution is 8.26. The van der Waals surface area contributed by atoms with Crippen molar-refractivity contribution in [2.24, 2.45) is 0 Å². The zero-order chi connectivity index (χ0) is 21.0. The van der Waals surface area contributed by atoms with E-state index in [1.54, 1.807) is 6.07 Å². The standard InChI is InChI=1S/C20H17F2NO4S2/c21-12-5-7-15(22)14(10-12)16-8-6-13(27-16)11-17-19(26)23(20(28)29-17)9-3-1-2-4-18(24)25/h5-8,10-11H,1-4,9H2,(H,24,25). The number of thioether (sulfide) groups is 1. The minimum absolute atomic E-state index is 0.00133. The summed E-state index contributed by atoms with van der Waals surface area (Å²) >= 11 is 6.39. The number of hydrogen-bond donors (Lipinski definition) is 1. The van der Waals surface area contributed by atoms with Crippen LogP contribution in [0.2, 0.25) is 0 Å². The summed E-state index contributed by atoms with van der Waals surface area (Å²) in [6, 6.07) is 6.16. The molecule has 0 aliphatic carbocycles. The Bertz CT molecular complexity index is 987. The maximum absolute atomic E-state index is 13.9. The lowest BCUT2D eigenvalue weighted by atomic mass is 10.1. The van der Waals surface area contributed by atoms with Gasteiger partial charge in [0, 0.05) is 19.0 Å². The number of furan rings is 1. The molecular weight excluding hydrogens is 420 g/mol. The molecule has 5 nitrogen and oxygen atoms in total. The minimum Gasteiger partial charge on any atom is -0.481 e. The Morgan fingerprint density at radius 3 is 2.76 bits per heavy atom. The third-order valence-corrected chi connectivity index (χ3v) is 5.62. The van der Waals surface area contributed by atoms with Gasteiger partial charge in [-0.25, -0.2) is 8.78 Å². The molecule has 1 saturated heterocycles. The van der Waals surface area contributed by atoms with E-state index in [0.29, 0.717) is 40.8 Å². The molecule has 1 N–H and O–H groups in total. The van der Waals surface area contributed by atoms with Crippen LogP contribution in [0.1, 0.15) is 31.4 Å². The third kappa shape index (κ3) is 5.30. The molecule has 0 radical (unpaired) electrons. The summed E-state index contributed by atoms with van der Waals surface area (Å²) in [6.45, 7) is 0.416. The minimum atomic E-state index is -0.838. The predicted molar refractivity (Wildman–Crippen MR) is 110 cm³/mol. The van der Waals surface area contributed by atoms with Gasteiger partial charge in [-0.3, -0.25) is 14.5 Å². The maximum Gasteiger partial charge on any atom is 0.303 e. The molecule has 2 heterocycles. The van der Waals surface area contributed by atoms with Crippen LogP contribution >= 0.6 is 24.0 Å². The van der Waals surface area contributed by atoms with Gasteiger partial charge in [0.05, 0.1) is 10.5 Å². The zero-order valence-electron chi connectivity index (χ0n) is 15.2. The second kappa shape index (κ2) is 9.32.